The van der Waals surface area contributed by atoms with E-state index in [4.69, 9.17) is 16.3 Å². The molecule has 4 atom stereocenters. The van der Waals surface area contributed by atoms with Gasteiger partial charge in [0.15, 0.2) is 0 Å². The highest BCUT2D eigenvalue weighted by Gasteiger charge is 2.44. The van der Waals surface area contributed by atoms with Crippen molar-refractivity contribution in [2.24, 2.45) is 0 Å². The molecular formula is C31H41ClN4O3. The first-order chi connectivity index (χ1) is 18.8. The number of urea groups is 1. The number of amides is 3. The van der Waals surface area contributed by atoms with E-state index in [1.807, 2.05) is 55.4 Å². The monoisotopic (exact) mass is 552 g/mol. The Hall–Kier alpha value is -2.77. The van der Waals surface area contributed by atoms with E-state index in [2.05, 4.69) is 29.3 Å². The summed E-state index contributed by atoms with van der Waals surface area (Å²) in [7, 11) is 3.65. The van der Waals surface area contributed by atoms with Gasteiger partial charge in [-0.25, -0.2) is 4.79 Å². The Morgan fingerprint density at radius 2 is 1.59 bits per heavy atom. The van der Waals surface area contributed by atoms with Crippen LogP contribution >= 0.6 is 11.6 Å². The molecule has 8 heteroatoms. The molecule has 3 aliphatic rings. The van der Waals surface area contributed by atoms with Gasteiger partial charge in [-0.1, -0.05) is 23.7 Å². The number of nitrogens with one attached hydrogen (secondary N) is 1. The molecule has 0 aromatic heterocycles. The number of ether oxygens (including phenoxy) is 1. The standard InChI is InChI=1S/C31H41ClN4O3/c1-21(18-30(37)34(2)3)36-26-10-11-27(36)20-29(19-26)39-28-12-8-25(9-13-28)33-31(38)35-16-14-23(15-17-35)22-4-6-24(32)7-5-22/h4-9,12-13,21,23,26-27,29H,10-11,14-20H2,1-3H3,(H,33,38)/t21?,26-,27+,29+. The second-order valence-electron chi connectivity index (χ2n) is 11.7. The minimum absolute atomic E-state index is 0.0518. The zero-order valence-corrected chi connectivity index (χ0v) is 24.1. The third-order valence-electron chi connectivity index (χ3n) is 8.76. The van der Waals surface area contributed by atoms with Crippen molar-refractivity contribution in [2.45, 2.75) is 82.0 Å². The highest BCUT2D eigenvalue weighted by Crippen LogP contribution is 2.39. The summed E-state index contributed by atoms with van der Waals surface area (Å²) in [6.45, 7) is 3.66. The third kappa shape index (κ3) is 6.69. The van der Waals surface area contributed by atoms with Crippen molar-refractivity contribution in [2.75, 3.05) is 32.5 Å². The predicted octanol–water partition coefficient (Wildman–Crippen LogP) is 5.99. The first-order valence-electron chi connectivity index (χ1n) is 14.3. The summed E-state index contributed by atoms with van der Waals surface area (Å²) in [5, 5.41) is 3.80. The molecule has 2 aromatic carbocycles. The average molecular weight is 553 g/mol. The molecule has 3 fully saturated rings. The quantitative estimate of drug-likeness (QED) is 0.458. The van der Waals surface area contributed by atoms with E-state index < -0.39 is 0 Å². The Kier molecular flexibility index (Phi) is 8.67. The number of fused-ring (bicyclic) bond motifs is 2. The van der Waals surface area contributed by atoms with Gasteiger partial charge in [0.2, 0.25) is 5.91 Å². The summed E-state index contributed by atoms with van der Waals surface area (Å²) in [4.78, 5) is 31.3. The number of rotatable bonds is 7. The van der Waals surface area contributed by atoms with Crippen LogP contribution in [-0.2, 0) is 4.79 Å². The highest BCUT2D eigenvalue weighted by molar-refractivity contribution is 6.30. The van der Waals surface area contributed by atoms with Gasteiger partial charge in [-0.05, 0) is 93.3 Å². The van der Waals surface area contributed by atoms with E-state index in [1.54, 1.807) is 4.90 Å². The van der Waals surface area contributed by atoms with Crippen molar-refractivity contribution in [1.29, 1.82) is 0 Å². The number of carbonyl (C=O) groups is 2. The molecule has 3 heterocycles. The molecule has 7 nitrogen and oxygen atoms in total. The number of carbonyl (C=O) groups excluding carboxylic acids is 2. The Labute approximate surface area is 237 Å². The molecule has 3 amide bonds. The van der Waals surface area contributed by atoms with Crippen LogP contribution in [0.3, 0.4) is 0 Å². The Morgan fingerprint density at radius 3 is 2.18 bits per heavy atom. The van der Waals surface area contributed by atoms with Crippen molar-refractivity contribution in [3.05, 3.63) is 59.1 Å². The second-order valence-corrected chi connectivity index (χ2v) is 12.1. The Bertz CT molecular complexity index is 1120. The molecule has 0 aliphatic carbocycles. The molecule has 0 saturated carbocycles. The van der Waals surface area contributed by atoms with Gasteiger partial charge < -0.3 is 19.9 Å². The first-order valence-corrected chi connectivity index (χ1v) is 14.7. The van der Waals surface area contributed by atoms with Crippen LogP contribution in [0.15, 0.2) is 48.5 Å². The normalized spacial score (nSPS) is 24.3. The van der Waals surface area contributed by atoms with Crippen LogP contribution in [-0.4, -0.2) is 78.1 Å². The first kappa shape index (κ1) is 27.8. The van der Waals surface area contributed by atoms with Crippen LogP contribution < -0.4 is 10.1 Å². The van der Waals surface area contributed by atoms with Gasteiger partial charge in [-0.3, -0.25) is 9.69 Å². The van der Waals surface area contributed by atoms with Crippen molar-refractivity contribution in [1.82, 2.24) is 14.7 Å². The van der Waals surface area contributed by atoms with Crippen LogP contribution in [0.2, 0.25) is 5.02 Å². The van der Waals surface area contributed by atoms with Gasteiger partial charge in [0.1, 0.15) is 11.9 Å². The number of likely N-dealkylation sites (tertiary alicyclic amines) is 1. The number of halogens is 1. The lowest BCUT2D eigenvalue weighted by molar-refractivity contribution is -0.130. The number of benzene rings is 2. The van der Waals surface area contributed by atoms with Crippen molar-refractivity contribution in [3.8, 4) is 5.75 Å². The van der Waals surface area contributed by atoms with E-state index in [-0.39, 0.29) is 24.1 Å². The van der Waals surface area contributed by atoms with E-state index in [9.17, 15) is 9.59 Å². The van der Waals surface area contributed by atoms with Gasteiger partial charge in [-0.2, -0.15) is 0 Å². The van der Waals surface area contributed by atoms with Crippen LogP contribution in [0, 0.1) is 0 Å². The smallest absolute Gasteiger partial charge is 0.321 e. The maximum Gasteiger partial charge on any atom is 0.321 e. The van der Waals surface area contributed by atoms with E-state index in [1.165, 1.54) is 18.4 Å². The number of nitrogens with zero attached hydrogens (tertiary/aromatic N) is 3. The molecule has 3 aliphatic heterocycles. The summed E-state index contributed by atoms with van der Waals surface area (Å²) in [6.07, 6.45) is 6.97. The zero-order valence-electron chi connectivity index (χ0n) is 23.3. The number of piperidine rings is 2. The maximum absolute atomic E-state index is 12.9. The minimum Gasteiger partial charge on any atom is -0.490 e. The third-order valence-corrected chi connectivity index (χ3v) is 9.01. The molecule has 210 valence electrons. The van der Waals surface area contributed by atoms with E-state index in [0.717, 1.165) is 55.2 Å². The molecule has 1 N–H and O–H groups in total. The summed E-state index contributed by atoms with van der Waals surface area (Å²) in [6, 6.07) is 17.0. The Morgan fingerprint density at radius 1 is 0.974 bits per heavy atom. The fourth-order valence-corrected chi connectivity index (χ4v) is 6.81. The molecule has 0 spiro atoms. The van der Waals surface area contributed by atoms with E-state index in [0.29, 0.717) is 24.4 Å². The van der Waals surface area contributed by atoms with Gasteiger partial charge in [-0.15, -0.1) is 0 Å². The number of anilines is 1. The molecule has 5 rings (SSSR count). The summed E-state index contributed by atoms with van der Waals surface area (Å²) < 4.78 is 6.39. The molecule has 2 aromatic rings. The van der Waals surface area contributed by atoms with E-state index >= 15 is 0 Å². The predicted molar refractivity (Wildman–Crippen MR) is 156 cm³/mol. The van der Waals surface area contributed by atoms with Crippen molar-refractivity contribution < 1.29 is 14.3 Å². The van der Waals surface area contributed by atoms with Gasteiger partial charge >= 0.3 is 6.03 Å². The van der Waals surface area contributed by atoms with Crippen LogP contribution in [0.4, 0.5) is 10.5 Å². The fourth-order valence-electron chi connectivity index (χ4n) is 6.68. The molecule has 3 saturated heterocycles. The number of hydrogen-bond donors (Lipinski definition) is 1. The highest BCUT2D eigenvalue weighted by atomic mass is 35.5. The summed E-state index contributed by atoms with van der Waals surface area (Å²) in [5.41, 5.74) is 2.07. The average Bonchev–Trinajstić information content (AvgIpc) is 3.20. The zero-order chi connectivity index (χ0) is 27.5. The Balaban J connectivity index is 1.08. The molecule has 2 bridgehead atoms. The molecule has 1 unspecified atom stereocenters. The largest absolute Gasteiger partial charge is 0.490 e. The van der Waals surface area contributed by atoms with Gasteiger partial charge in [0.05, 0.1) is 0 Å². The molecule has 39 heavy (non-hydrogen) atoms. The van der Waals surface area contributed by atoms with Crippen molar-refractivity contribution in [3.63, 3.8) is 0 Å². The van der Waals surface area contributed by atoms with Crippen LogP contribution in [0.1, 0.15) is 63.4 Å². The van der Waals surface area contributed by atoms with Crippen molar-refractivity contribution >= 4 is 29.2 Å². The lowest BCUT2D eigenvalue weighted by Gasteiger charge is -2.42. The lowest BCUT2D eigenvalue weighted by Crippen LogP contribution is -2.51. The molecule has 0 radical (unpaired) electrons. The topological polar surface area (TPSA) is 65.1 Å². The van der Waals surface area contributed by atoms with Gasteiger partial charge in [0.25, 0.3) is 0 Å². The lowest BCUT2D eigenvalue weighted by atomic mass is 9.89. The molecular weight excluding hydrogens is 512 g/mol. The fraction of sp³-hybridized carbons (Fsp3) is 0.548. The van der Waals surface area contributed by atoms with Gasteiger partial charge in [0, 0.05) is 62.4 Å². The second kappa shape index (κ2) is 12.2. The maximum atomic E-state index is 12.9. The summed E-state index contributed by atoms with van der Waals surface area (Å²) in [5.74, 6) is 1.49. The minimum atomic E-state index is -0.0518. The SMILES string of the molecule is CC(CC(=O)N(C)C)N1[C@@H]2CC[C@H]1C[C@@H](Oc1ccc(NC(=O)N3CCC(c4ccc(Cl)cc4)CC3)cc1)C2. The van der Waals surface area contributed by atoms with Crippen LogP contribution in [0.5, 0.6) is 5.75 Å². The summed E-state index contributed by atoms with van der Waals surface area (Å²) >= 11 is 6.02. The number of hydrogen-bond acceptors (Lipinski definition) is 4. The van der Waals surface area contributed by atoms with Crippen LogP contribution in [0.25, 0.3) is 0 Å².